The number of carbonyl (C=O) groups is 4. The first-order chi connectivity index (χ1) is 18.1. The number of amides is 3. The van der Waals surface area contributed by atoms with Gasteiger partial charge in [-0.3, -0.25) is 14.4 Å². The Kier molecular flexibility index (Phi) is 12.4. The monoisotopic (exact) mass is 529 g/mol. The van der Waals surface area contributed by atoms with Crippen LogP contribution in [0.25, 0.3) is 0 Å². The number of aromatic amines is 1. The second-order valence-corrected chi connectivity index (χ2v) is 9.55. The predicted molar refractivity (Wildman–Crippen MR) is 142 cm³/mol. The van der Waals surface area contributed by atoms with E-state index in [1.165, 1.54) is 12.5 Å². The van der Waals surface area contributed by atoms with Gasteiger partial charge in [-0.2, -0.15) is 0 Å². The van der Waals surface area contributed by atoms with Crippen LogP contribution >= 0.6 is 0 Å². The van der Waals surface area contributed by atoms with Gasteiger partial charge in [0.15, 0.2) is 0 Å². The Hall–Kier alpha value is -3.77. The van der Waals surface area contributed by atoms with Crippen molar-refractivity contribution in [2.45, 2.75) is 70.1 Å². The van der Waals surface area contributed by atoms with E-state index in [1.807, 2.05) is 6.07 Å². The fourth-order valence-electron chi connectivity index (χ4n) is 3.75. The highest BCUT2D eigenvalue weighted by Gasteiger charge is 2.31. The van der Waals surface area contributed by atoms with E-state index in [0.29, 0.717) is 31.5 Å². The number of carboxylic acid groups (broad SMARTS) is 1. The third-order valence-electron chi connectivity index (χ3n) is 6.11. The molecule has 9 N–H and O–H groups in total. The second kappa shape index (κ2) is 15.5. The minimum Gasteiger partial charge on any atom is -0.480 e. The topological polar surface area (TPSA) is 205 Å². The molecule has 0 aliphatic rings. The lowest BCUT2D eigenvalue weighted by atomic mass is 10.0. The molecule has 0 aliphatic heterocycles. The van der Waals surface area contributed by atoms with E-state index in [0.717, 1.165) is 5.56 Å². The molecule has 12 heteroatoms. The summed E-state index contributed by atoms with van der Waals surface area (Å²) in [7, 11) is 0. The average Bonchev–Trinajstić information content (AvgIpc) is 3.40. The van der Waals surface area contributed by atoms with Crippen molar-refractivity contribution in [2.24, 2.45) is 17.4 Å². The SMILES string of the molecule is CC(C)C(N)C(=O)NC(CCCCN)C(=O)NC(Cc1cnc[nH]1)C(=O)NC(Cc1ccccc1)C(=O)O. The summed E-state index contributed by atoms with van der Waals surface area (Å²) in [6.07, 6.45) is 4.55. The number of carboxylic acids is 1. The minimum atomic E-state index is -1.21. The van der Waals surface area contributed by atoms with Crippen molar-refractivity contribution >= 4 is 23.7 Å². The van der Waals surface area contributed by atoms with Crippen LogP contribution in [0.3, 0.4) is 0 Å². The Morgan fingerprint density at radius 3 is 2.13 bits per heavy atom. The maximum Gasteiger partial charge on any atom is 0.326 e. The van der Waals surface area contributed by atoms with Gasteiger partial charge in [-0.25, -0.2) is 9.78 Å². The highest BCUT2D eigenvalue weighted by molar-refractivity contribution is 5.94. The molecule has 4 unspecified atom stereocenters. The Morgan fingerprint density at radius 2 is 1.55 bits per heavy atom. The normalized spacial score (nSPS) is 14.2. The molecule has 2 rings (SSSR count). The lowest BCUT2D eigenvalue weighted by Gasteiger charge is -2.25. The van der Waals surface area contributed by atoms with Crippen molar-refractivity contribution in [3.63, 3.8) is 0 Å². The first-order valence-electron chi connectivity index (χ1n) is 12.7. The summed E-state index contributed by atoms with van der Waals surface area (Å²) in [5.41, 5.74) is 12.8. The highest BCUT2D eigenvalue weighted by atomic mass is 16.4. The van der Waals surface area contributed by atoms with Gasteiger partial charge in [-0.15, -0.1) is 0 Å². The molecule has 0 radical (unpaired) electrons. The zero-order valence-electron chi connectivity index (χ0n) is 21.9. The molecule has 12 nitrogen and oxygen atoms in total. The van der Waals surface area contributed by atoms with E-state index in [9.17, 15) is 24.3 Å². The number of rotatable bonds is 16. The lowest BCUT2D eigenvalue weighted by Crippen LogP contribution is -2.58. The zero-order valence-corrected chi connectivity index (χ0v) is 21.9. The van der Waals surface area contributed by atoms with Crippen LogP contribution < -0.4 is 27.4 Å². The summed E-state index contributed by atoms with van der Waals surface area (Å²) in [6, 6.07) is 4.80. The first kappa shape index (κ1) is 30.5. The Bertz CT molecular complexity index is 1030. The number of aromatic nitrogens is 2. The molecule has 1 heterocycles. The number of imidazole rings is 1. The number of nitrogens with one attached hydrogen (secondary N) is 4. The molecule has 0 saturated heterocycles. The predicted octanol–water partition coefficient (Wildman–Crippen LogP) is -0.154. The summed E-state index contributed by atoms with van der Waals surface area (Å²) in [6.45, 7) is 4.02. The number of aliphatic carboxylic acids is 1. The van der Waals surface area contributed by atoms with Crippen LogP contribution in [-0.2, 0) is 32.0 Å². The standard InChI is InChI=1S/C26H39N7O5/c1-16(2)22(28)25(36)31-19(10-6-7-11-27)23(34)32-20(13-18-14-29-15-30-18)24(35)33-21(26(37)38)12-17-8-4-3-5-9-17/h3-5,8-9,14-16,19-22H,6-7,10-13,27-28H2,1-2H3,(H,29,30)(H,31,36)(H,32,34)(H,33,35)(H,37,38). The number of hydrogen-bond acceptors (Lipinski definition) is 7. The molecular formula is C26H39N7O5. The van der Waals surface area contributed by atoms with Crippen molar-refractivity contribution < 1.29 is 24.3 Å². The molecule has 38 heavy (non-hydrogen) atoms. The number of nitrogens with two attached hydrogens (primary N) is 2. The van der Waals surface area contributed by atoms with E-state index >= 15 is 0 Å². The molecule has 1 aromatic carbocycles. The van der Waals surface area contributed by atoms with Gasteiger partial charge in [0.2, 0.25) is 17.7 Å². The van der Waals surface area contributed by atoms with Gasteiger partial charge >= 0.3 is 5.97 Å². The van der Waals surface area contributed by atoms with Crippen LogP contribution in [0.15, 0.2) is 42.9 Å². The second-order valence-electron chi connectivity index (χ2n) is 9.55. The van der Waals surface area contributed by atoms with Gasteiger partial charge in [0, 0.05) is 24.7 Å². The molecule has 1 aromatic heterocycles. The van der Waals surface area contributed by atoms with Crippen molar-refractivity contribution in [1.82, 2.24) is 25.9 Å². The number of unbranched alkanes of at least 4 members (excludes halogenated alkanes) is 1. The highest BCUT2D eigenvalue weighted by Crippen LogP contribution is 2.08. The molecular weight excluding hydrogens is 490 g/mol. The van der Waals surface area contributed by atoms with E-state index in [1.54, 1.807) is 38.1 Å². The summed E-state index contributed by atoms with van der Waals surface area (Å²) in [4.78, 5) is 57.9. The number of carbonyl (C=O) groups excluding carboxylic acids is 3. The third kappa shape index (κ3) is 9.94. The number of hydrogen-bond donors (Lipinski definition) is 7. The van der Waals surface area contributed by atoms with E-state index in [2.05, 4.69) is 25.9 Å². The molecule has 0 spiro atoms. The maximum atomic E-state index is 13.3. The van der Waals surface area contributed by atoms with Gasteiger partial charge < -0.3 is 37.5 Å². The summed E-state index contributed by atoms with van der Waals surface area (Å²) in [5.74, 6) is -3.08. The third-order valence-corrected chi connectivity index (χ3v) is 6.11. The van der Waals surface area contributed by atoms with Gasteiger partial charge in [0.05, 0.1) is 12.4 Å². The summed E-state index contributed by atoms with van der Waals surface area (Å²) in [5, 5.41) is 17.6. The molecule has 2 aromatic rings. The van der Waals surface area contributed by atoms with E-state index in [-0.39, 0.29) is 18.8 Å². The Labute approximate surface area is 222 Å². The van der Waals surface area contributed by atoms with Crippen molar-refractivity contribution in [1.29, 1.82) is 0 Å². The van der Waals surface area contributed by atoms with Crippen molar-refractivity contribution in [3.05, 3.63) is 54.1 Å². The van der Waals surface area contributed by atoms with Crippen LogP contribution in [0.5, 0.6) is 0 Å². The van der Waals surface area contributed by atoms with Crippen molar-refractivity contribution in [2.75, 3.05) is 6.54 Å². The maximum absolute atomic E-state index is 13.3. The first-order valence-corrected chi connectivity index (χ1v) is 12.7. The van der Waals surface area contributed by atoms with Crippen LogP contribution in [0, 0.1) is 5.92 Å². The molecule has 0 aliphatic carbocycles. The number of nitrogens with zero attached hydrogens (tertiary/aromatic N) is 1. The minimum absolute atomic E-state index is 0.0320. The van der Waals surface area contributed by atoms with Gasteiger partial charge in [-0.1, -0.05) is 44.2 Å². The van der Waals surface area contributed by atoms with Crippen molar-refractivity contribution in [3.8, 4) is 0 Å². The van der Waals surface area contributed by atoms with Gasteiger partial charge in [0.25, 0.3) is 0 Å². The Balaban J connectivity index is 2.20. The Morgan fingerprint density at radius 1 is 0.921 bits per heavy atom. The summed E-state index contributed by atoms with van der Waals surface area (Å²) < 4.78 is 0. The largest absolute Gasteiger partial charge is 0.480 e. The number of H-pyrrole nitrogens is 1. The van der Waals surface area contributed by atoms with Crippen LogP contribution in [0.2, 0.25) is 0 Å². The summed E-state index contributed by atoms with van der Waals surface area (Å²) >= 11 is 0. The van der Waals surface area contributed by atoms with Crippen LogP contribution in [0.1, 0.15) is 44.4 Å². The van der Waals surface area contributed by atoms with E-state index in [4.69, 9.17) is 11.5 Å². The quantitative estimate of drug-likeness (QED) is 0.145. The molecule has 0 bridgehead atoms. The average molecular weight is 530 g/mol. The smallest absolute Gasteiger partial charge is 0.326 e. The molecule has 208 valence electrons. The van der Waals surface area contributed by atoms with Gasteiger partial charge in [-0.05, 0) is 37.3 Å². The van der Waals surface area contributed by atoms with Crippen LogP contribution in [-0.4, -0.2) is 69.5 Å². The van der Waals surface area contributed by atoms with Crippen LogP contribution in [0.4, 0.5) is 0 Å². The van der Waals surface area contributed by atoms with E-state index < -0.39 is 47.9 Å². The fourth-order valence-corrected chi connectivity index (χ4v) is 3.75. The van der Waals surface area contributed by atoms with Gasteiger partial charge in [0.1, 0.15) is 18.1 Å². The molecule has 0 saturated carbocycles. The number of benzene rings is 1. The molecule has 3 amide bonds. The zero-order chi connectivity index (χ0) is 28.1. The molecule has 0 fully saturated rings. The lowest BCUT2D eigenvalue weighted by molar-refractivity contribution is -0.142. The molecule has 4 atom stereocenters. The fraction of sp³-hybridized carbons (Fsp3) is 0.500.